The average Bonchev–Trinajstić information content (AvgIpc) is 2.70. The van der Waals surface area contributed by atoms with Crippen LogP contribution in [0.3, 0.4) is 0 Å². The van der Waals surface area contributed by atoms with Crippen molar-refractivity contribution >= 4 is 11.9 Å². The number of carboxylic acid groups (broad SMARTS) is 1. The first-order valence-electron chi connectivity index (χ1n) is 8.64. The Morgan fingerprint density at radius 3 is 2.59 bits per heavy atom. The van der Waals surface area contributed by atoms with Crippen LogP contribution in [0.2, 0.25) is 0 Å². The van der Waals surface area contributed by atoms with Gasteiger partial charge in [0.05, 0.1) is 23.6 Å². The maximum absolute atomic E-state index is 11.1. The molecule has 2 heterocycles. The van der Waals surface area contributed by atoms with E-state index in [9.17, 15) is 4.79 Å². The number of anilines is 1. The third kappa shape index (κ3) is 5.01. The van der Waals surface area contributed by atoms with Crippen LogP contribution in [0.15, 0.2) is 54.9 Å². The molecule has 0 saturated carbocycles. The number of benzene rings is 1. The Kier molecular flexibility index (Phi) is 5.94. The number of carbonyl (C=O) groups is 1. The third-order valence-corrected chi connectivity index (χ3v) is 3.86. The van der Waals surface area contributed by atoms with Gasteiger partial charge in [-0.3, -0.25) is 4.98 Å². The smallest absolute Gasteiger partial charge is 0.335 e. The van der Waals surface area contributed by atoms with Gasteiger partial charge in [0.15, 0.2) is 0 Å². The summed E-state index contributed by atoms with van der Waals surface area (Å²) in [6.07, 6.45) is 3.89. The predicted molar refractivity (Wildman–Crippen MR) is 102 cm³/mol. The molecule has 7 heteroatoms. The monoisotopic (exact) mass is 364 g/mol. The van der Waals surface area contributed by atoms with Gasteiger partial charge >= 0.3 is 5.97 Å². The SMILES string of the molecule is CCOc1ccc(CCNc2nccc(-c3cc(C(=O)O)ccn3)n2)cc1. The normalized spacial score (nSPS) is 10.4. The summed E-state index contributed by atoms with van der Waals surface area (Å²) >= 11 is 0. The van der Waals surface area contributed by atoms with E-state index in [4.69, 9.17) is 9.84 Å². The van der Waals surface area contributed by atoms with E-state index in [2.05, 4.69) is 20.3 Å². The summed E-state index contributed by atoms with van der Waals surface area (Å²) in [6.45, 7) is 3.28. The summed E-state index contributed by atoms with van der Waals surface area (Å²) < 4.78 is 5.43. The molecule has 0 aliphatic rings. The number of nitrogens with one attached hydrogen (secondary N) is 1. The number of hydrogen-bond acceptors (Lipinski definition) is 6. The minimum atomic E-state index is -0.999. The molecule has 0 aliphatic carbocycles. The Bertz CT molecular complexity index is 913. The van der Waals surface area contributed by atoms with Gasteiger partial charge in [0, 0.05) is 18.9 Å². The molecule has 2 N–H and O–H groups in total. The van der Waals surface area contributed by atoms with Crippen molar-refractivity contribution < 1.29 is 14.6 Å². The molecule has 0 bridgehead atoms. The van der Waals surface area contributed by atoms with Crippen molar-refractivity contribution in [3.63, 3.8) is 0 Å². The molecule has 7 nitrogen and oxygen atoms in total. The van der Waals surface area contributed by atoms with Crippen LogP contribution in [0.25, 0.3) is 11.4 Å². The van der Waals surface area contributed by atoms with Gasteiger partial charge in [-0.2, -0.15) is 0 Å². The van der Waals surface area contributed by atoms with Crippen LogP contribution in [-0.2, 0) is 6.42 Å². The first-order valence-corrected chi connectivity index (χ1v) is 8.64. The highest BCUT2D eigenvalue weighted by Crippen LogP contribution is 2.17. The first-order chi connectivity index (χ1) is 13.2. The fourth-order valence-electron chi connectivity index (χ4n) is 2.53. The fraction of sp³-hybridized carbons (Fsp3) is 0.200. The second kappa shape index (κ2) is 8.75. The molecule has 3 aromatic rings. The van der Waals surface area contributed by atoms with E-state index >= 15 is 0 Å². The molecule has 0 unspecified atom stereocenters. The molecule has 0 saturated heterocycles. The summed E-state index contributed by atoms with van der Waals surface area (Å²) in [5.74, 6) is 0.337. The standard InChI is InChI=1S/C20H20N4O3/c1-2-27-16-5-3-14(4-6-16)7-10-22-20-23-12-9-17(24-20)18-13-15(19(25)26)8-11-21-18/h3-6,8-9,11-13H,2,7,10H2,1H3,(H,25,26)(H,22,23,24). The number of ether oxygens (including phenoxy) is 1. The van der Waals surface area contributed by atoms with Crippen LogP contribution in [-0.4, -0.2) is 39.2 Å². The van der Waals surface area contributed by atoms with E-state index in [-0.39, 0.29) is 5.56 Å². The van der Waals surface area contributed by atoms with Crippen molar-refractivity contribution in [2.24, 2.45) is 0 Å². The van der Waals surface area contributed by atoms with Gasteiger partial charge in [-0.25, -0.2) is 14.8 Å². The molecule has 138 valence electrons. The van der Waals surface area contributed by atoms with Gasteiger partial charge < -0.3 is 15.2 Å². The quantitative estimate of drug-likeness (QED) is 0.633. The van der Waals surface area contributed by atoms with Crippen LogP contribution < -0.4 is 10.1 Å². The zero-order valence-corrected chi connectivity index (χ0v) is 14.9. The Hall–Kier alpha value is -3.48. The summed E-state index contributed by atoms with van der Waals surface area (Å²) in [7, 11) is 0. The molecule has 3 rings (SSSR count). The number of nitrogens with zero attached hydrogens (tertiary/aromatic N) is 3. The number of hydrogen-bond donors (Lipinski definition) is 2. The minimum Gasteiger partial charge on any atom is -0.494 e. The van der Waals surface area contributed by atoms with Gasteiger partial charge in [-0.05, 0) is 49.2 Å². The molecular weight excluding hydrogens is 344 g/mol. The maximum atomic E-state index is 11.1. The van der Waals surface area contributed by atoms with E-state index in [0.717, 1.165) is 12.2 Å². The lowest BCUT2D eigenvalue weighted by Crippen LogP contribution is -2.08. The van der Waals surface area contributed by atoms with E-state index in [1.807, 2.05) is 31.2 Å². The Morgan fingerprint density at radius 2 is 1.85 bits per heavy atom. The lowest BCUT2D eigenvalue weighted by Gasteiger charge is -2.08. The molecule has 1 aromatic carbocycles. The van der Waals surface area contributed by atoms with E-state index in [1.165, 1.54) is 23.9 Å². The highest BCUT2D eigenvalue weighted by molar-refractivity contribution is 5.88. The second-order valence-electron chi connectivity index (χ2n) is 5.75. The molecule has 27 heavy (non-hydrogen) atoms. The lowest BCUT2D eigenvalue weighted by atomic mass is 10.1. The summed E-state index contributed by atoms with van der Waals surface area (Å²) in [5, 5.41) is 12.3. The van der Waals surface area contributed by atoms with Crippen LogP contribution >= 0.6 is 0 Å². The largest absolute Gasteiger partial charge is 0.494 e. The molecule has 2 aromatic heterocycles. The topological polar surface area (TPSA) is 97.2 Å². The number of carboxylic acids is 1. The number of aromatic nitrogens is 3. The van der Waals surface area contributed by atoms with Crippen LogP contribution in [0.1, 0.15) is 22.8 Å². The van der Waals surface area contributed by atoms with Gasteiger partial charge in [-0.15, -0.1) is 0 Å². The lowest BCUT2D eigenvalue weighted by molar-refractivity contribution is 0.0697. The van der Waals surface area contributed by atoms with Crippen molar-refractivity contribution in [2.45, 2.75) is 13.3 Å². The van der Waals surface area contributed by atoms with Crippen molar-refractivity contribution in [3.05, 3.63) is 66.0 Å². The zero-order valence-electron chi connectivity index (χ0n) is 14.9. The second-order valence-corrected chi connectivity index (χ2v) is 5.75. The third-order valence-electron chi connectivity index (χ3n) is 3.86. The summed E-state index contributed by atoms with van der Waals surface area (Å²) in [4.78, 5) is 23.9. The van der Waals surface area contributed by atoms with Crippen molar-refractivity contribution in [1.82, 2.24) is 15.0 Å². The Balaban J connectivity index is 1.62. The van der Waals surface area contributed by atoms with Crippen LogP contribution in [0.4, 0.5) is 5.95 Å². The van der Waals surface area contributed by atoms with Gasteiger partial charge in [0.2, 0.25) is 5.95 Å². The molecule has 0 spiro atoms. The molecule has 0 fully saturated rings. The molecule has 0 aliphatic heterocycles. The molecule has 0 amide bonds. The molecule has 0 atom stereocenters. The minimum absolute atomic E-state index is 0.170. The van der Waals surface area contributed by atoms with Crippen LogP contribution in [0, 0.1) is 0 Å². The van der Waals surface area contributed by atoms with E-state index in [0.29, 0.717) is 30.5 Å². The molecule has 0 radical (unpaired) electrons. The van der Waals surface area contributed by atoms with E-state index in [1.54, 1.807) is 12.3 Å². The molecular formula is C20H20N4O3. The number of rotatable bonds is 8. The summed E-state index contributed by atoms with van der Waals surface area (Å²) in [6, 6.07) is 12.6. The van der Waals surface area contributed by atoms with Crippen molar-refractivity contribution in [2.75, 3.05) is 18.5 Å². The number of aromatic carboxylic acids is 1. The highest BCUT2D eigenvalue weighted by atomic mass is 16.5. The zero-order chi connectivity index (χ0) is 19.1. The van der Waals surface area contributed by atoms with Gasteiger partial charge in [0.1, 0.15) is 5.75 Å². The maximum Gasteiger partial charge on any atom is 0.335 e. The van der Waals surface area contributed by atoms with Gasteiger partial charge in [-0.1, -0.05) is 12.1 Å². The van der Waals surface area contributed by atoms with Crippen molar-refractivity contribution in [3.8, 4) is 17.1 Å². The Morgan fingerprint density at radius 1 is 1.07 bits per heavy atom. The number of pyridine rings is 1. The Labute approximate surface area is 157 Å². The highest BCUT2D eigenvalue weighted by Gasteiger charge is 2.08. The van der Waals surface area contributed by atoms with Gasteiger partial charge in [0.25, 0.3) is 0 Å². The van der Waals surface area contributed by atoms with Crippen LogP contribution in [0.5, 0.6) is 5.75 Å². The predicted octanol–water partition coefficient (Wildman–Crippen LogP) is 3.29. The van der Waals surface area contributed by atoms with E-state index < -0.39 is 5.97 Å². The average molecular weight is 364 g/mol. The first kappa shape index (κ1) is 18.3. The summed E-state index contributed by atoms with van der Waals surface area (Å²) in [5.41, 5.74) is 2.41. The van der Waals surface area contributed by atoms with Crippen molar-refractivity contribution in [1.29, 1.82) is 0 Å². The fourth-order valence-corrected chi connectivity index (χ4v) is 2.53.